The molecule has 0 aromatic heterocycles. The third kappa shape index (κ3) is 53.5. The van der Waals surface area contributed by atoms with E-state index in [9.17, 15) is 0 Å². The van der Waals surface area contributed by atoms with Crippen LogP contribution in [0.15, 0.2) is 0 Å². The fraction of sp³-hybridized carbons (Fsp3) is 1.00. The minimum Gasteiger partial charge on any atom is -0.379 e. The van der Waals surface area contributed by atoms with Crippen LogP contribution in [-0.2, 0) is 56.8 Å². The summed E-state index contributed by atoms with van der Waals surface area (Å²) in [6.45, 7) is 19.2. The van der Waals surface area contributed by atoms with E-state index in [1.807, 2.05) is 13.8 Å². The molecule has 0 bridgehead atoms. The van der Waals surface area contributed by atoms with E-state index in [-0.39, 0.29) is 6.10 Å². The van der Waals surface area contributed by atoms with Crippen LogP contribution in [0.5, 0.6) is 0 Å². The van der Waals surface area contributed by atoms with Crippen LogP contribution in [-0.4, -0.2) is 158 Å². The van der Waals surface area contributed by atoms with Gasteiger partial charge in [0.25, 0.3) is 0 Å². The lowest BCUT2D eigenvalue weighted by atomic mass is 10.0. The zero-order chi connectivity index (χ0) is 39.6. The summed E-state index contributed by atoms with van der Waals surface area (Å²) in [5.74, 6) is 0. The van der Waals surface area contributed by atoms with Crippen molar-refractivity contribution in [1.82, 2.24) is 0 Å². The molecule has 0 amide bonds. The number of hydrogen-bond donors (Lipinski definition) is 0. The van der Waals surface area contributed by atoms with Gasteiger partial charge < -0.3 is 56.8 Å². The van der Waals surface area contributed by atoms with Gasteiger partial charge in [0.15, 0.2) is 0 Å². The summed E-state index contributed by atoms with van der Waals surface area (Å²) in [4.78, 5) is 0. The Bertz CT molecular complexity index is 661. The lowest BCUT2D eigenvalue weighted by molar-refractivity contribution is -0.0293. The van der Waals surface area contributed by atoms with Gasteiger partial charge in [-0.3, -0.25) is 0 Å². The van der Waals surface area contributed by atoms with E-state index in [0.29, 0.717) is 145 Å². The molecule has 0 saturated carbocycles. The SMILES string of the molecule is CCCCCCCCCCCCCCCCCCOCCOCCOCCOCCOCCOCCOCCOCCOCCOCCOCCOC(C)C. The van der Waals surface area contributed by atoms with E-state index in [4.69, 9.17) is 56.8 Å². The average Bonchev–Trinajstić information content (AvgIpc) is 3.18. The normalized spacial score (nSPS) is 11.8. The Morgan fingerprint density at radius 3 is 0.618 bits per heavy atom. The van der Waals surface area contributed by atoms with E-state index < -0.39 is 0 Å². The van der Waals surface area contributed by atoms with Gasteiger partial charge in [-0.2, -0.15) is 0 Å². The highest BCUT2D eigenvalue weighted by Gasteiger charge is 1.99. The molecule has 12 nitrogen and oxygen atoms in total. The second-order valence-corrected chi connectivity index (χ2v) is 14.0. The van der Waals surface area contributed by atoms with Crippen molar-refractivity contribution in [2.24, 2.45) is 0 Å². The summed E-state index contributed by atoms with van der Waals surface area (Å²) in [7, 11) is 0. The predicted octanol–water partition coefficient (Wildman–Crippen LogP) is 7.86. The van der Waals surface area contributed by atoms with Gasteiger partial charge in [0.1, 0.15) is 0 Å². The van der Waals surface area contributed by atoms with Gasteiger partial charge in [-0.25, -0.2) is 0 Å². The van der Waals surface area contributed by atoms with Gasteiger partial charge in [-0.15, -0.1) is 0 Å². The Labute approximate surface area is 337 Å². The molecule has 0 atom stereocenters. The van der Waals surface area contributed by atoms with Crippen LogP contribution in [0, 0.1) is 0 Å². The smallest absolute Gasteiger partial charge is 0.0703 e. The zero-order valence-corrected chi connectivity index (χ0v) is 36.1. The molecule has 0 saturated heterocycles. The molecule has 0 heterocycles. The first kappa shape index (κ1) is 54.5. The maximum absolute atomic E-state index is 5.70. The lowest BCUT2D eigenvalue weighted by Crippen LogP contribution is -2.15. The highest BCUT2D eigenvalue weighted by atomic mass is 16.6. The number of rotatable bonds is 51. The van der Waals surface area contributed by atoms with Crippen LogP contribution >= 0.6 is 0 Å². The van der Waals surface area contributed by atoms with Gasteiger partial charge in [-0.1, -0.05) is 103 Å². The summed E-state index contributed by atoms with van der Waals surface area (Å²) >= 11 is 0. The molecule has 0 spiro atoms. The molecule has 0 aliphatic heterocycles. The van der Waals surface area contributed by atoms with Gasteiger partial charge in [0.2, 0.25) is 0 Å². The van der Waals surface area contributed by atoms with E-state index in [1.165, 1.54) is 96.3 Å². The van der Waals surface area contributed by atoms with Gasteiger partial charge in [0, 0.05) is 6.61 Å². The molecule has 332 valence electrons. The fourth-order valence-electron chi connectivity index (χ4n) is 5.40. The summed E-state index contributed by atoms with van der Waals surface area (Å²) in [5, 5.41) is 0. The molecule has 0 aliphatic rings. The molecule has 0 unspecified atom stereocenters. The summed E-state index contributed by atoms with van der Waals surface area (Å²) in [6, 6.07) is 0. The first-order valence-corrected chi connectivity index (χ1v) is 22.2. The Hall–Kier alpha value is -0.480. The molecule has 12 heteroatoms. The summed E-state index contributed by atoms with van der Waals surface area (Å²) in [6.07, 6.45) is 22.4. The molecule has 0 radical (unpaired) electrons. The monoisotopic (exact) mass is 797 g/mol. The molecule has 55 heavy (non-hydrogen) atoms. The Morgan fingerprint density at radius 2 is 0.400 bits per heavy atom. The minimum atomic E-state index is 0.233. The molecule has 0 rings (SSSR count). The molecule has 0 aliphatic carbocycles. The standard InChI is InChI=1S/C43H88O12/c1-4-5-6-7-8-9-10-11-12-13-14-15-16-17-18-19-20-44-21-22-45-23-24-46-25-26-47-27-28-48-29-30-49-31-32-50-33-34-51-35-36-52-37-38-53-39-40-54-41-42-55-43(2)3/h43H,4-42H2,1-3H3. The molecule has 0 N–H and O–H groups in total. The van der Waals surface area contributed by atoms with Crippen LogP contribution in [0.3, 0.4) is 0 Å². The number of unbranched alkanes of at least 4 members (excludes halogenated alkanes) is 15. The van der Waals surface area contributed by atoms with Gasteiger partial charge in [-0.05, 0) is 20.3 Å². The molecular formula is C43H88O12. The van der Waals surface area contributed by atoms with Crippen LogP contribution in [0.25, 0.3) is 0 Å². The average molecular weight is 797 g/mol. The quantitative estimate of drug-likeness (QED) is 0.0559. The molecule has 0 aromatic rings. The minimum absolute atomic E-state index is 0.233. The van der Waals surface area contributed by atoms with Crippen LogP contribution in [0.4, 0.5) is 0 Å². The van der Waals surface area contributed by atoms with E-state index in [0.717, 1.165) is 13.0 Å². The van der Waals surface area contributed by atoms with E-state index in [1.54, 1.807) is 0 Å². The summed E-state index contributed by atoms with van der Waals surface area (Å²) in [5.41, 5.74) is 0. The van der Waals surface area contributed by atoms with Crippen molar-refractivity contribution in [2.75, 3.05) is 152 Å². The van der Waals surface area contributed by atoms with Crippen molar-refractivity contribution in [3.63, 3.8) is 0 Å². The Balaban J connectivity index is 3.05. The Kier molecular flexibility index (Phi) is 51.1. The second-order valence-electron chi connectivity index (χ2n) is 14.0. The van der Waals surface area contributed by atoms with Crippen LogP contribution in [0.1, 0.15) is 124 Å². The fourth-order valence-corrected chi connectivity index (χ4v) is 5.40. The van der Waals surface area contributed by atoms with Crippen molar-refractivity contribution < 1.29 is 56.8 Å². The van der Waals surface area contributed by atoms with E-state index in [2.05, 4.69) is 6.92 Å². The van der Waals surface area contributed by atoms with Crippen LogP contribution in [0.2, 0.25) is 0 Å². The van der Waals surface area contributed by atoms with Gasteiger partial charge >= 0.3 is 0 Å². The molecule has 0 aromatic carbocycles. The van der Waals surface area contributed by atoms with E-state index >= 15 is 0 Å². The Morgan fingerprint density at radius 1 is 0.218 bits per heavy atom. The third-order valence-corrected chi connectivity index (χ3v) is 8.54. The topological polar surface area (TPSA) is 111 Å². The van der Waals surface area contributed by atoms with Crippen molar-refractivity contribution in [2.45, 2.75) is 130 Å². The van der Waals surface area contributed by atoms with Crippen molar-refractivity contribution >= 4 is 0 Å². The van der Waals surface area contributed by atoms with Crippen molar-refractivity contribution in [3.05, 3.63) is 0 Å². The largest absolute Gasteiger partial charge is 0.379 e. The second kappa shape index (κ2) is 51.5. The highest BCUT2D eigenvalue weighted by Crippen LogP contribution is 2.13. The maximum Gasteiger partial charge on any atom is 0.0703 e. The first-order valence-electron chi connectivity index (χ1n) is 22.2. The molecular weight excluding hydrogens is 708 g/mol. The summed E-state index contributed by atoms with van der Waals surface area (Å²) < 4.78 is 66.2. The van der Waals surface area contributed by atoms with Crippen LogP contribution < -0.4 is 0 Å². The predicted molar refractivity (Wildman–Crippen MR) is 220 cm³/mol. The zero-order valence-electron chi connectivity index (χ0n) is 36.1. The van der Waals surface area contributed by atoms with Gasteiger partial charge in [0.05, 0.1) is 151 Å². The first-order chi connectivity index (χ1) is 27.3. The number of ether oxygens (including phenoxy) is 12. The maximum atomic E-state index is 5.70. The van der Waals surface area contributed by atoms with Crippen molar-refractivity contribution in [1.29, 1.82) is 0 Å². The number of hydrogen-bond acceptors (Lipinski definition) is 12. The highest BCUT2D eigenvalue weighted by molar-refractivity contribution is 4.50. The van der Waals surface area contributed by atoms with Crippen molar-refractivity contribution in [3.8, 4) is 0 Å². The molecule has 0 fully saturated rings. The third-order valence-electron chi connectivity index (χ3n) is 8.54. The lowest BCUT2D eigenvalue weighted by Gasteiger charge is -2.09.